The molecule has 12 heteroatoms. The number of hydrogen-bond donors (Lipinski definition) is 1. The summed E-state index contributed by atoms with van der Waals surface area (Å²) in [7, 11) is -1.83. The lowest BCUT2D eigenvalue weighted by atomic mass is 9.88. The minimum absolute atomic E-state index is 0.0827. The van der Waals surface area contributed by atoms with Crippen LogP contribution in [0.5, 0.6) is 17.2 Å². The van der Waals surface area contributed by atoms with E-state index < -0.39 is 33.3 Å². The molecule has 0 bridgehead atoms. The zero-order chi connectivity index (χ0) is 33.7. The van der Waals surface area contributed by atoms with E-state index in [0.717, 1.165) is 11.1 Å². The number of ether oxygens (including phenoxy) is 4. The van der Waals surface area contributed by atoms with Crippen LogP contribution in [0.15, 0.2) is 42.5 Å². The Hall–Kier alpha value is -3.77. The number of fused-ring (bicyclic) bond motifs is 2. The number of benzene rings is 3. The summed E-state index contributed by atoms with van der Waals surface area (Å²) in [6.07, 6.45) is -3.84. The third-order valence-electron chi connectivity index (χ3n) is 9.44. The van der Waals surface area contributed by atoms with E-state index in [1.165, 1.54) is 19.2 Å². The normalized spacial score (nSPS) is 21.0. The highest BCUT2D eigenvalue weighted by Crippen LogP contribution is 2.47. The molecule has 0 unspecified atom stereocenters. The summed E-state index contributed by atoms with van der Waals surface area (Å²) in [4.78, 5) is 11.8. The van der Waals surface area contributed by atoms with E-state index in [2.05, 4.69) is 0 Å². The number of alkyl halides is 3. The smallest absolute Gasteiger partial charge is 0.416 e. The van der Waals surface area contributed by atoms with Crippen molar-refractivity contribution in [3.05, 3.63) is 75.8 Å². The summed E-state index contributed by atoms with van der Waals surface area (Å²) < 4.78 is 89.1. The lowest BCUT2D eigenvalue weighted by Crippen LogP contribution is -2.43. The molecular weight excluding hydrogens is 637 g/mol. The monoisotopic (exact) mass is 674 g/mol. The molecule has 3 aromatic rings. The number of carbonyl (C=O) groups excluding carboxylic acids is 1. The predicted octanol–water partition coefficient (Wildman–Crippen LogP) is 6.41. The Balaban J connectivity index is 1.27. The summed E-state index contributed by atoms with van der Waals surface area (Å²) in [6, 6.07) is 11.1. The van der Waals surface area contributed by atoms with Crippen molar-refractivity contribution in [1.82, 2.24) is 0 Å². The van der Waals surface area contributed by atoms with E-state index in [4.69, 9.17) is 18.9 Å². The molecule has 2 atom stereocenters. The number of halogens is 3. The van der Waals surface area contributed by atoms with Crippen LogP contribution in [0.4, 0.5) is 13.2 Å². The number of esters is 1. The number of aliphatic hydroxyl groups is 1. The fourth-order valence-electron chi connectivity index (χ4n) is 6.86. The molecule has 3 aliphatic rings. The summed E-state index contributed by atoms with van der Waals surface area (Å²) in [6.45, 7) is 3.86. The maximum atomic E-state index is 14.3. The van der Waals surface area contributed by atoms with Gasteiger partial charge in [-0.15, -0.1) is 0 Å². The highest BCUT2D eigenvalue weighted by Gasteiger charge is 2.38. The van der Waals surface area contributed by atoms with Crippen molar-refractivity contribution < 1.29 is 50.4 Å². The molecule has 0 radical (unpaired) electrons. The van der Waals surface area contributed by atoms with Crippen LogP contribution >= 0.6 is 0 Å². The summed E-state index contributed by atoms with van der Waals surface area (Å²) in [5, 5.41) is 10.8. The van der Waals surface area contributed by atoms with Crippen LogP contribution in [0, 0.1) is 13.8 Å². The van der Waals surface area contributed by atoms with Crippen LogP contribution in [-0.4, -0.2) is 56.9 Å². The van der Waals surface area contributed by atoms with E-state index in [1.54, 1.807) is 24.3 Å². The van der Waals surface area contributed by atoms with Crippen LogP contribution in [-0.2, 0) is 32.0 Å². The molecule has 2 aliphatic heterocycles. The van der Waals surface area contributed by atoms with Crippen LogP contribution in [0.3, 0.4) is 0 Å². The first kappa shape index (κ1) is 33.1. The molecule has 1 aliphatic carbocycles. The second-order valence-corrected chi connectivity index (χ2v) is 15.1. The summed E-state index contributed by atoms with van der Waals surface area (Å²) >= 11 is 0. The highest BCUT2D eigenvalue weighted by molar-refractivity contribution is 7.91. The molecule has 3 aromatic carbocycles. The number of aryl methyl sites for hydroxylation is 2. The average molecular weight is 675 g/mol. The van der Waals surface area contributed by atoms with Gasteiger partial charge in [0, 0.05) is 17.5 Å². The van der Waals surface area contributed by atoms with Gasteiger partial charge in [0.15, 0.2) is 9.84 Å². The van der Waals surface area contributed by atoms with Gasteiger partial charge in [-0.2, -0.15) is 13.2 Å². The van der Waals surface area contributed by atoms with E-state index in [9.17, 15) is 31.5 Å². The van der Waals surface area contributed by atoms with E-state index in [0.29, 0.717) is 64.5 Å². The SMILES string of the molecule is COC(=O)C[C@@H]1COc2cc(O[C@@H]3CCc4c(-c5c(C)cc(OCC6(O)CCS(=O)(=O)CC6)cc5C)cc(C(F)(F)F)cc43)ccc21. The van der Waals surface area contributed by atoms with Gasteiger partial charge in [0.2, 0.25) is 0 Å². The molecule has 8 nitrogen and oxygen atoms in total. The standard InChI is InChI=1S/C35H37F3O8S/c1-20-12-25(45-19-34(40)8-10-47(41,42)11-9-34)13-21(2)33(20)29-16-23(35(36,37)38)15-28-27(29)6-7-30(28)46-24-4-5-26-22(14-32(39)43-3)18-44-31(26)17-24/h4-5,12-13,15-17,22,30,40H,6-11,14,18-19H2,1-3H3/t22-,30-/m1/s1. The van der Waals surface area contributed by atoms with Crippen molar-refractivity contribution >= 4 is 15.8 Å². The third kappa shape index (κ3) is 6.94. The third-order valence-corrected chi connectivity index (χ3v) is 11.1. The van der Waals surface area contributed by atoms with Gasteiger partial charge in [-0.05, 0) is 103 Å². The van der Waals surface area contributed by atoms with Crippen molar-refractivity contribution in [3.63, 3.8) is 0 Å². The Morgan fingerprint density at radius 1 is 1.02 bits per heavy atom. The van der Waals surface area contributed by atoms with Gasteiger partial charge >= 0.3 is 12.1 Å². The predicted molar refractivity (Wildman–Crippen MR) is 168 cm³/mol. The first-order valence-corrected chi connectivity index (χ1v) is 17.4. The molecule has 252 valence electrons. The number of methoxy groups -OCH3 is 1. The first-order chi connectivity index (χ1) is 22.1. The van der Waals surface area contributed by atoms with Gasteiger partial charge in [0.25, 0.3) is 0 Å². The quantitative estimate of drug-likeness (QED) is 0.273. The zero-order valence-electron chi connectivity index (χ0n) is 26.4. The molecule has 0 amide bonds. The average Bonchev–Trinajstić information content (AvgIpc) is 3.60. The molecule has 0 saturated carbocycles. The molecule has 6 rings (SSSR count). The maximum absolute atomic E-state index is 14.3. The fourth-order valence-corrected chi connectivity index (χ4v) is 8.45. The second-order valence-electron chi connectivity index (χ2n) is 12.8. The van der Waals surface area contributed by atoms with Crippen LogP contribution in [0.2, 0.25) is 0 Å². The lowest BCUT2D eigenvalue weighted by Gasteiger charge is -2.31. The Morgan fingerprint density at radius 3 is 2.38 bits per heavy atom. The highest BCUT2D eigenvalue weighted by atomic mass is 32.2. The Morgan fingerprint density at radius 2 is 1.72 bits per heavy atom. The van der Waals surface area contributed by atoms with Gasteiger partial charge in [0.1, 0.15) is 35.6 Å². The van der Waals surface area contributed by atoms with E-state index in [1.807, 2.05) is 19.9 Å². The van der Waals surface area contributed by atoms with Gasteiger partial charge in [-0.1, -0.05) is 6.07 Å². The Labute approximate surface area is 271 Å². The minimum Gasteiger partial charge on any atom is -0.492 e. The zero-order valence-corrected chi connectivity index (χ0v) is 27.2. The first-order valence-electron chi connectivity index (χ1n) is 15.6. The van der Waals surface area contributed by atoms with Crippen molar-refractivity contribution in [2.45, 2.75) is 69.8 Å². The van der Waals surface area contributed by atoms with Crippen molar-refractivity contribution in [3.8, 4) is 28.4 Å². The Kier molecular flexibility index (Phi) is 8.71. The van der Waals surface area contributed by atoms with Crippen molar-refractivity contribution in [2.24, 2.45) is 0 Å². The molecule has 1 saturated heterocycles. The van der Waals surface area contributed by atoms with Gasteiger partial charge in [0.05, 0.1) is 37.2 Å². The molecule has 1 fully saturated rings. The Bertz CT molecular complexity index is 1780. The van der Waals surface area contributed by atoms with Crippen LogP contribution in [0.1, 0.15) is 71.1 Å². The summed E-state index contributed by atoms with van der Waals surface area (Å²) in [5.41, 5.74) is 2.67. The molecule has 1 N–H and O–H groups in total. The molecule has 47 heavy (non-hydrogen) atoms. The van der Waals surface area contributed by atoms with Crippen LogP contribution < -0.4 is 14.2 Å². The molecule has 0 spiro atoms. The molecule has 0 aromatic heterocycles. The van der Waals surface area contributed by atoms with Gasteiger partial charge < -0.3 is 24.1 Å². The van der Waals surface area contributed by atoms with Crippen molar-refractivity contribution in [2.75, 3.05) is 31.8 Å². The minimum atomic E-state index is -4.58. The topological polar surface area (TPSA) is 108 Å². The molecular formula is C35H37F3O8S. The maximum Gasteiger partial charge on any atom is 0.416 e. The van der Waals surface area contributed by atoms with Crippen molar-refractivity contribution in [1.29, 1.82) is 0 Å². The largest absolute Gasteiger partial charge is 0.492 e. The van der Waals surface area contributed by atoms with Crippen LogP contribution in [0.25, 0.3) is 11.1 Å². The number of carbonyl (C=O) groups is 1. The van der Waals surface area contributed by atoms with Gasteiger partial charge in [-0.3, -0.25) is 4.79 Å². The summed E-state index contributed by atoms with van der Waals surface area (Å²) in [5.74, 6) is 0.799. The number of sulfone groups is 1. The second kappa shape index (κ2) is 12.4. The van der Waals surface area contributed by atoms with E-state index >= 15 is 0 Å². The van der Waals surface area contributed by atoms with E-state index in [-0.39, 0.29) is 49.3 Å². The van der Waals surface area contributed by atoms with Gasteiger partial charge in [-0.25, -0.2) is 8.42 Å². The lowest BCUT2D eigenvalue weighted by molar-refractivity contribution is -0.141. The number of hydrogen-bond acceptors (Lipinski definition) is 8. The number of rotatable bonds is 8. The molecule has 2 heterocycles. The fraction of sp³-hybridized carbons (Fsp3) is 0.457.